The summed E-state index contributed by atoms with van der Waals surface area (Å²) < 4.78 is 16.2. The Morgan fingerprint density at radius 1 is 1.13 bits per heavy atom. The van der Waals surface area contributed by atoms with Crippen LogP contribution in [0.15, 0.2) is 18.2 Å². The van der Waals surface area contributed by atoms with E-state index in [9.17, 15) is 9.59 Å². The lowest BCUT2D eigenvalue weighted by Crippen LogP contribution is -2.35. The largest absolute Gasteiger partial charge is 0.490 e. The molecule has 1 aromatic rings. The standard InChI is InChI=1S/C17H25NO5/c1-5-10-22-14-9-8-13(11-15(14)21-7-3)17(20)23-12(4)16(19)18-6-2/h8-9,11-12H,5-7,10H2,1-4H3,(H,18,19)/t12-/m0/s1. The molecular weight excluding hydrogens is 298 g/mol. The molecule has 1 amide bonds. The molecule has 0 saturated heterocycles. The Kier molecular flexibility index (Phi) is 7.94. The Bertz CT molecular complexity index is 530. The lowest BCUT2D eigenvalue weighted by atomic mass is 10.2. The van der Waals surface area contributed by atoms with Gasteiger partial charge in [0.15, 0.2) is 17.6 Å². The second-order valence-electron chi connectivity index (χ2n) is 4.89. The number of likely N-dealkylation sites (N-methyl/N-ethyl adjacent to an activating group) is 1. The lowest BCUT2D eigenvalue weighted by molar-refractivity contribution is -0.128. The van der Waals surface area contributed by atoms with E-state index < -0.39 is 12.1 Å². The molecule has 0 saturated carbocycles. The van der Waals surface area contributed by atoms with E-state index in [1.165, 1.54) is 6.92 Å². The molecule has 1 N–H and O–H groups in total. The van der Waals surface area contributed by atoms with Crippen molar-refractivity contribution in [3.63, 3.8) is 0 Å². The van der Waals surface area contributed by atoms with E-state index in [1.54, 1.807) is 25.1 Å². The maximum atomic E-state index is 12.1. The Balaban J connectivity index is 2.84. The van der Waals surface area contributed by atoms with E-state index in [2.05, 4.69) is 5.32 Å². The molecule has 6 nitrogen and oxygen atoms in total. The zero-order valence-corrected chi connectivity index (χ0v) is 14.2. The van der Waals surface area contributed by atoms with Gasteiger partial charge < -0.3 is 19.5 Å². The Labute approximate surface area is 137 Å². The normalized spacial score (nSPS) is 11.5. The van der Waals surface area contributed by atoms with E-state index in [1.807, 2.05) is 13.8 Å². The van der Waals surface area contributed by atoms with E-state index >= 15 is 0 Å². The molecule has 6 heteroatoms. The molecule has 0 heterocycles. The van der Waals surface area contributed by atoms with Gasteiger partial charge in [0.25, 0.3) is 5.91 Å². The van der Waals surface area contributed by atoms with Gasteiger partial charge in [-0.05, 0) is 45.4 Å². The summed E-state index contributed by atoms with van der Waals surface area (Å²) in [5, 5.41) is 2.61. The van der Waals surface area contributed by atoms with Gasteiger partial charge in [0.1, 0.15) is 0 Å². The van der Waals surface area contributed by atoms with Crippen molar-refractivity contribution in [2.24, 2.45) is 0 Å². The van der Waals surface area contributed by atoms with Crippen molar-refractivity contribution in [1.29, 1.82) is 0 Å². The Hall–Kier alpha value is -2.24. The number of rotatable bonds is 9. The first kappa shape index (κ1) is 18.8. The highest BCUT2D eigenvalue weighted by Crippen LogP contribution is 2.29. The van der Waals surface area contributed by atoms with Crippen molar-refractivity contribution in [3.05, 3.63) is 23.8 Å². The molecule has 1 rings (SSSR count). The average molecular weight is 323 g/mol. The summed E-state index contributed by atoms with van der Waals surface area (Å²) in [6, 6.07) is 4.84. The smallest absolute Gasteiger partial charge is 0.339 e. The third-order valence-electron chi connectivity index (χ3n) is 2.94. The second-order valence-corrected chi connectivity index (χ2v) is 4.89. The fraction of sp³-hybridized carbons (Fsp3) is 0.529. The van der Waals surface area contributed by atoms with Crippen molar-refractivity contribution in [1.82, 2.24) is 5.32 Å². The predicted molar refractivity (Wildman–Crippen MR) is 87.0 cm³/mol. The molecule has 0 bridgehead atoms. The maximum Gasteiger partial charge on any atom is 0.339 e. The van der Waals surface area contributed by atoms with Crippen molar-refractivity contribution in [2.45, 2.75) is 40.2 Å². The first-order chi connectivity index (χ1) is 11.0. The molecule has 0 aliphatic carbocycles. The van der Waals surface area contributed by atoms with Crippen molar-refractivity contribution in [3.8, 4) is 11.5 Å². The summed E-state index contributed by atoms with van der Waals surface area (Å²) in [6.45, 7) is 8.70. The molecule has 0 aromatic heterocycles. The Morgan fingerprint density at radius 2 is 1.87 bits per heavy atom. The monoisotopic (exact) mass is 323 g/mol. The molecule has 0 unspecified atom stereocenters. The van der Waals surface area contributed by atoms with Crippen LogP contribution in [0.4, 0.5) is 0 Å². The lowest BCUT2D eigenvalue weighted by Gasteiger charge is -2.15. The van der Waals surface area contributed by atoms with Gasteiger partial charge in [-0.15, -0.1) is 0 Å². The highest BCUT2D eigenvalue weighted by molar-refractivity contribution is 5.92. The number of carbonyl (C=O) groups is 2. The first-order valence-electron chi connectivity index (χ1n) is 7.91. The summed E-state index contributed by atoms with van der Waals surface area (Å²) >= 11 is 0. The Morgan fingerprint density at radius 3 is 2.48 bits per heavy atom. The number of ether oxygens (including phenoxy) is 3. The number of hydrogen-bond acceptors (Lipinski definition) is 5. The summed E-state index contributed by atoms with van der Waals surface area (Å²) in [4.78, 5) is 23.8. The van der Waals surface area contributed by atoms with E-state index in [-0.39, 0.29) is 5.91 Å². The molecule has 1 atom stereocenters. The minimum absolute atomic E-state index is 0.313. The van der Waals surface area contributed by atoms with Crippen LogP contribution in [-0.2, 0) is 9.53 Å². The number of nitrogens with one attached hydrogen (secondary N) is 1. The fourth-order valence-electron chi connectivity index (χ4n) is 1.83. The fourth-order valence-corrected chi connectivity index (χ4v) is 1.83. The van der Waals surface area contributed by atoms with E-state index in [0.717, 1.165) is 6.42 Å². The highest BCUT2D eigenvalue weighted by Gasteiger charge is 2.19. The average Bonchev–Trinajstić information content (AvgIpc) is 2.54. The van der Waals surface area contributed by atoms with Gasteiger partial charge >= 0.3 is 5.97 Å². The highest BCUT2D eigenvalue weighted by atomic mass is 16.5. The molecule has 128 valence electrons. The topological polar surface area (TPSA) is 73.9 Å². The van der Waals surface area contributed by atoms with E-state index in [0.29, 0.717) is 36.8 Å². The van der Waals surface area contributed by atoms with Crippen molar-refractivity contribution < 1.29 is 23.8 Å². The number of esters is 1. The van der Waals surface area contributed by atoms with Gasteiger partial charge in [-0.3, -0.25) is 4.79 Å². The molecule has 0 aliphatic heterocycles. The molecule has 0 aliphatic rings. The minimum atomic E-state index is -0.853. The first-order valence-corrected chi connectivity index (χ1v) is 7.91. The van der Waals surface area contributed by atoms with Crippen LogP contribution in [0.2, 0.25) is 0 Å². The van der Waals surface area contributed by atoms with Crippen LogP contribution in [-0.4, -0.2) is 37.7 Å². The zero-order valence-electron chi connectivity index (χ0n) is 14.2. The number of benzene rings is 1. The molecule has 0 radical (unpaired) electrons. The van der Waals surface area contributed by atoms with Crippen LogP contribution in [0.5, 0.6) is 11.5 Å². The van der Waals surface area contributed by atoms with Gasteiger partial charge in [0.2, 0.25) is 0 Å². The second kappa shape index (κ2) is 9.71. The van der Waals surface area contributed by atoms with Gasteiger partial charge in [-0.1, -0.05) is 6.92 Å². The molecule has 1 aromatic carbocycles. The number of carbonyl (C=O) groups excluding carboxylic acids is 2. The summed E-state index contributed by atoms with van der Waals surface area (Å²) in [5.41, 5.74) is 0.313. The van der Waals surface area contributed by atoms with E-state index in [4.69, 9.17) is 14.2 Å². The summed E-state index contributed by atoms with van der Waals surface area (Å²) in [5.74, 6) is 0.170. The SMILES string of the molecule is CCCOc1ccc(C(=O)O[C@@H](C)C(=O)NCC)cc1OCC. The van der Waals surface area contributed by atoms with Crippen LogP contribution < -0.4 is 14.8 Å². The number of hydrogen-bond donors (Lipinski definition) is 1. The van der Waals surface area contributed by atoms with Gasteiger partial charge in [0.05, 0.1) is 18.8 Å². The predicted octanol–water partition coefficient (Wildman–Crippen LogP) is 2.56. The quantitative estimate of drug-likeness (QED) is 0.707. The van der Waals surface area contributed by atoms with Gasteiger partial charge in [0, 0.05) is 6.54 Å². The van der Waals surface area contributed by atoms with Crippen molar-refractivity contribution >= 4 is 11.9 Å². The van der Waals surface area contributed by atoms with Gasteiger partial charge in [-0.25, -0.2) is 4.79 Å². The van der Waals surface area contributed by atoms with Crippen LogP contribution >= 0.6 is 0 Å². The third-order valence-corrected chi connectivity index (χ3v) is 2.94. The number of amides is 1. The van der Waals surface area contributed by atoms with Crippen LogP contribution in [0, 0.1) is 0 Å². The van der Waals surface area contributed by atoms with Crippen LogP contribution in [0.1, 0.15) is 44.5 Å². The molecule has 23 heavy (non-hydrogen) atoms. The van der Waals surface area contributed by atoms with Crippen LogP contribution in [0.25, 0.3) is 0 Å². The van der Waals surface area contributed by atoms with Crippen LogP contribution in [0.3, 0.4) is 0 Å². The molecule has 0 fully saturated rings. The van der Waals surface area contributed by atoms with Gasteiger partial charge in [-0.2, -0.15) is 0 Å². The summed E-state index contributed by atoms with van der Waals surface area (Å²) in [6.07, 6.45) is 0.0217. The summed E-state index contributed by atoms with van der Waals surface area (Å²) in [7, 11) is 0. The molecule has 0 spiro atoms. The minimum Gasteiger partial charge on any atom is -0.490 e. The third kappa shape index (κ3) is 5.81. The molecular formula is C17H25NO5. The zero-order chi connectivity index (χ0) is 17.2. The van der Waals surface area contributed by atoms with Crippen molar-refractivity contribution in [2.75, 3.05) is 19.8 Å². The maximum absolute atomic E-state index is 12.1.